The lowest BCUT2D eigenvalue weighted by Crippen LogP contribution is -2.09. The standard InChI is InChI=1S/C21H22N4S2/c1-14-9-10-17-16(12-14)18-19-22-13-23-25(19)21(24-20(18)27-17)26-11-5-8-15-6-3-2-4-7-15/h2-4,6-7,13-14H,5,8-12H2,1H3/t14-/m0/s1. The van der Waals surface area contributed by atoms with Gasteiger partial charge in [-0.1, -0.05) is 49.0 Å². The lowest BCUT2D eigenvalue weighted by molar-refractivity contribution is 0.508. The Bertz CT molecular complexity index is 1080. The van der Waals surface area contributed by atoms with Crippen molar-refractivity contribution < 1.29 is 0 Å². The van der Waals surface area contributed by atoms with E-state index in [1.54, 1.807) is 18.1 Å². The van der Waals surface area contributed by atoms with Gasteiger partial charge in [0.1, 0.15) is 11.2 Å². The molecule has 0 bridgehead atoms. The number of aryl methyl sites for hydroxylation is 2. The Labute approximate surface area is 167 Å². The van der Waals surface area contributed by atoms with Crippen LogP contribution in [0.5, 0.6) is 0 Å². The topological polar surface area (TPSA) is 43.1 Å². The molecule has 0 amide bonds. The molecule has 0 spiro atoms. The summed E-state index contributed by atoms with van der Waals surface area (Å²) in [6.45, 7) is 2.35. The zero-order valence-electron chi connectivity index (χ0n) is 15.4. The predicted molar refractivity (Wildman–Crippen MR) is 113 cm³/mol. The van der Waals surface area contributed by atoms with Crippen LogP contribution < -0.4 is 0 Å². The van der Waals surface area contributed by atoms with Crippen LogP contribution in [0.25, 0.3) is 15.9 Å². The molecule has 1 aromatic carbocycles. The number of rotatable bonds is 5. The van der Waals surface area contributed by atoms with Crippen molar-refractivity contribution in [2.45, 2.75) is 44.2 Å². The van der Waals surface area contributed by atoms with Gasteiger partial charge in [-0.3, -0.25) is 0 Å². The summed E-state index contributed by atoms with van der Waals surface area (Å²) in [4.78, 5) is 12.2. The van der Waals surface area contributed by atoms with Gasteiger partial charge in [-0.2, -0.15) is 9.61 Å². The molecule has 0 unspecified atom stereocenters. The van der Waals surface area contributed by atoms with Crippen LogP contribution in [0, 0.1) is 5.92 Å². The van der Waals surface area contributed by atoms with E-state index >= 15 is 0 Å². The van der Waals surface area contributed by atoms with E-state index in [4.69, 9.17) is 4.98 Å². The lowest BCUT2D eigenvalue weighted by Gasteiger charge is -2.17. The van der Waals surface area contributed by atoms with Crippen LogP contribution in [0.4, 0.5) is 0 Å². The Kier molecular flexibility index (Phi) is 4.61. The molecule has 0 saturated carbocycles. The fourth-order valence-electron chi connectivity index (χ4n) is 3.92. The minimum absolute atomic E-state index is 0.741. The molecular formula is C21H22N4S2. The number of thiophene rings is 1. The van der Waals surface area contributed by atoms with Gasteiger partial charge in [0.05, 0.1) is 5.39 Å². The average molecular weight is 395 g/mol. The van der Waals surface area contributed by atoms with Gasteiger partial charge in [-0.05, 0) is 49.1 Å². The Morgan fingerprint density at radius 1 is 1.26 bits per heavy atom. The Morgan fingerprint density at radius 3 is 3.04 bits per heavy atom. The number of hydrogen-bond acceptors (Lipinski definition) is 5. The third-order valence-corrected chi connectivity index (χ3v) is 7.52. The maximum atomic E-state index is 4.99. The van der Waals surface area contributed by atoms with E-state index in [0.29, 0.717) is 0 Å². The zero-order chi connectivity index (χ0) is 18.2. The second-order valence-corrected chi connectivity index (χ2v) is 9.51. The molecule has 27 heavy (non-hydrogen) atoms. The highest BCUT2D eigenvalue weighted by Crippen LogP contribution is 2.39. The maximum Gasteiger partial charge on any atom is 0.192 e. The highest BCUT2D eigenvalue weighted by atomic mass is 32.2. The van der Waals surface area contributed by atoms with Crippen LogP contribution in [0.3, 0.4) is 0 Å². The summed E-state index contributed by atoms with van der Waals surface area (Å²) in [5, 5.41) is 6.69. The fourth-order valence-corrected chi connectivity index (χ4v) is 6.07. The van der Waals surface area contributed by atoms with Gasteiger partial charge < -0.3 is 0 Å². The molecule has 0 N–H and O–H groups in total. The first kappa shape index (κ1) is 17.2. The summed E-state index contributed by atoms with van der Waals surface area (Å²) < 4.78 is 1.95. The summed E-state index contributed by atoms with van der Waals surface area (Å²) in [7, 11) is 0. The van der Waals surface area contributed by atoms with Gasteiger partial charge in [-0.25, -0.2) is 9.97 Å². The molecule has 3 heterocycles. The Morgan fingerprint density at radius 2 is 2.15 bits per heavy atom. The average Bonchev–Trinajstić information content (AvgIpc) is 3.30. The van der Waals surface area contributed by atoms with Gasteiger partial charge in [0, 0.05) is 10.6 Å². The first-order valence-electron chi connectivity index (χ1n) is 9.60. The van der Waals surface area contributed by atoms with Crippen molar-refractivity contribution in [2.75, 3.05) is 5.75 Å². The summed E-state index contributed by atoms with van der Waals surface area (Å²) in [6, 6.07) is 10.7. The summed E-state index contributed by atoms with van der Waals surface area (Å²) >= 11 is 3.66. The van der Waals surface area contributed by atoms with E-state index in [1.807, 2.05) is 15.9 Å². The Hall–Kier alpha value is -1.92. The van der Waals surface area contributed by atoms with Gasteiger partial charge >= 0.3 is 0 Å². The van der Waals surface area contributed by atoms with Gasteiger partial charge in [-0.15, -0.1) is 11.3 Å². The minimum Gasteiger partial charge on any atom is -0.214 e. The molecule has 4 nitrogen and oxygen atoms in total. The van der Waals surface area contributed by atoms with Crippen LogP contribution in [0.15, 0.2) is 41.8 Å². The SMILES string of the molecule is C[C@H]1CCc2sc3nc(SCCCc4ccccc4)n4ncnc4c3c2C1. The highest BCUT2D eigenvalue weighted by Gasteiger charge is 2.24. The molecule has 1 atom stereocenters. The van der Waals surface area contributed by atoms with E-state index in [2.05, 4.69) is 47.3 Å². The number of aromatic nitrogens is 4. The van der Waals surface area contributed by atoms with Crippen molar-refractivity contribution in [3.8, 4) is 0 Å². The van der Waals surface area contributed by atoms with Gasteiger partial charge in [0.15, 0.2) is 10.8 Å². The second kappa shape index (κ2) is 7.24. The normalized spacial score (nSPS) is 16.9. The number of benzene rings is 1. The quantitative estimate of drug-likeness (QED) is 0.265. The van der Waals surface area contributed by atoms with Crippen molar-refractivity contribution in [1.29, 1.82) is 0 Å². The zero-order valence-corrected chi connectivity index (χ0v) is 17.0. The third kappa shape index (κ3) is 3.25. The molecule has 3 aromatic heterocycles. The summed E-state index contributed by atoms with van der Waals surface area (Å²) in [5.41, 5.74) is 3.85. The summed E-state index contributed by atoms with van der Waals surface area (Å²) in [5.74, 6) is 1.77. The van der Waals surface area contributed by atoms with Crippen LogP contribution in [0.1, 0.15) is 35.8 Å². The molecule has 0 fully saturated rings. The lowest BCUT2D eigenvalue weighted by atomic mass is 9.89. The summed E-state index contributed by atoms with van der Waals surface area (Å²) in [6.07, 6.45) is 7.50. The Balaban J connectivity index is 1.42. The van der Waals surface area contributed by atoms with E-state index in [9.17, 15) is 0 Å². The minimum atomic E-state index is 0.741. The van der Waals surface area contributed by atoms with Gasteiger partial charge in [0.25, 0.3) is 0 Å². The van der Waals surface area contributed by atoms with Crippen LogP contribution in [-0.2, 0) is 19.3 Å². The number of nitrogens with zero attached hydrogens (tertiary/aromatic N) is 4. The van der Waals surface area contributed by atoms with Crippen LogP contribution >= 0.6 is 23.1 Å². The fraction of sp³-hybridized carbons (Fsp3) is 0.381. The number of thioether (sulfide) groups is 1. The number of hydrogen-bond donors (Lipinski definition) is 0. The van der Waals surface area contributed by atoms with E-state index in [-0.39, 0.29) is 0 Å². The molecule has 0 radical (unpaired) electrons. The number of fused-ring (bicyclic) bond motifs is 5. The molecule has 0 aliphatic heterocycles. The molecule has 6 heteroatoms. The maximum absolute atomic E-state index is 4.99. The van der Waals surface area contributed by atoms with Crippen molar-refractivity contribution >= 4 is 39.0 Å². The van der Waals surface area contributed by atoms with Crippen molar-refractivity contribution in [3.63, 3.8) is 0 Å². The van der Waals surface area contributed by atoms with Crippen LogP contribution in [-0.4, -0.2) is 25.3 Å². The van der Waals surface area contributed by atoms with Gasteiger partial charge in [0.2, 0.25) is 0 Å². The molecule has 1 aliphatic rings. The van der Waals surface area contributed by atoms with Crippen molar-refractivity contribution in [2.24, 2.45) is 5.92 Å². The van der Waals surface area contributed by atoms with E-state index < -0.39 is 0 Å². The smallest absolute Gasteiger partial charge is 0.192 e. The molecule has 1 aliphatic carbocycles. The van der Waals surface area contributed by atoms with E-state index in [1.165, 1.54) is 34.2 Å². The first-order valence-corrected chi connectivity index (χ1v) is 11.4. The van der Waals surface area contributed by atoms with Crippen molar-refractivity contribution in [1.82, 2.24) is 19.6 Å². The molecule has 138 valence electrons. The van der Waals surface area contributed by atoms with E-state index in [0.717, 1.165) is 46.6 Å². The first-order chi connectivity index (χ1) is 13.3. The molecule has 5 rings (SSSR count). The third-order valence-electron chi connectivity index (χ3n) is 5.32. The monoisotopic (exact) mass is 394 g/mol. The molecular weight excluding hydrogens is 372 g/mol. The van der Waals surface area contributed by atoms with Crippen molar-refractivity contribution in [3.05, 3.63) is 52.7 Å². The largest absolute Gasteiger partial charge is 0.214 e. The second-order valence-electron chi connectivity index (χ2n) is 7.36. The highest BCUT2D eigenvalue weighted by molar-refractivity contribution is 7.99. The molecule has 0 saturated heterocycles. The molecule has 4 aromatic rings. The van der Waals surface area contributed by atoms with Crippen LogP contribution in [0.2, 0.25) is 0 Å². The predicted octanol–water partition coefficient (Wildman–Crippen LogP) is 5.19.